The number of benzene rings is 1. The van der Waals surface area contributed by atoms with E-state index in [4.69, 9.17) is 4.74 Å². The molecule has 1 unspecified atom stereocenters. The highest BCUT2D eigenvalue weighted by atomic mass is 16.5. The van der Waals surface area contributed by atoms with Gasteiger partial charge in [-0.05, 0) is 38.4 Å². The molecule has 1 heterocycles. The Labute approximate surface area is 111 Å². The molecule has 7 nitrogen and oxygen atoms in total. The lowest BCUT2D eigenvalue weighted by Gasteiger charge is -2.25. The number of methoxy groups -OCH3 is 1. The van der Waals surface area contributed by atoms with Crippen LogP contribution in [0, 0.1) is 0 Å². The van der Waals surface area contributed by atoms with Crippen LogP contribution < -0.4 is 15.2 Å². The molecule has 19 heavy (non-hydrogen) atoms. The van der Waals surface area contributed by atoms with Gasteiger partial charge < -0.3 is 14.9 Å². The first kappa shape index (κ1) is 13.8. The van der Waals surface area contributed by atoms with Crippen molar-refractivity contribution in [1.29, 1.82) is 0 Å². The van der Waals surface area contributed by atoms with Crippen molar-refractivity contribution in [2.45, 2.75) is 12.0 Å². The van der Waals surface area contributed by atoms with Crippen LogP contribution in [0.3, 0.4) is 0 Å². The Morgan fingerprint density at radius 3 is 2.32 bits per heavy atom. The topological polar surface area (TPSA) is 85.3 Å². The van der Waals surface area contributed by atoms with E-state index in [-0.39, 0.29) is 0 Å². The number of likely N-dealkylation sites (N-methyl/N-ethyl adjacent to an activating group) is 1. The number of carbonyl (C=O) groups is 1. The molecule has 0 aromatic heterocycles. The number of hydrogen-bond donors (Lipinski definition) is 3. The minimum absolute atomic E-state index is 0.502. The quantitative estimate of drug-likeness (QED) is 0.616. The minimum Gasteiger partial charge on any atom is -0.497 e. The van der Waals surface area contributed by atoms with Gasteiger partial charge in [-0.25, -0.2) is 10.4 Å². The first-order chi connectivity index (χ1) is 8.87. The van der Waals surface area contributed by atoms with Gasteiger partial charge in [0.15, 0.2) is 0 Å². The summed E-state index contributed by atoms with van der Waals surface area (Å²) in [4.78, 5) is 13.5. The lowest BCUT2D eigenvalue weighted by Crippen LogP contribution is -2.54. The Hall–Kier alpha value is -1.67. The maximum absolute atomic E-state index is 12.0. The standard InChI is InChI=1S/C12H17N3O4/c1-14(2)10-12(17,18)11(16)15(13-10)8-4-6-9(19-3)7-5-8/h4-7,10,13,17-18H,1-3H3. The second-order valence-corrected chi connectivity index (χ2v) is 4.56. The van der Waals surface area contributed by atoms with Gasteiger partial charge in [0.25, 0.3) is 5.79 Å². The number of rotatable bonds is 3. The van der Waals surface area contributed by atoms with Crippen LogP contribution in [-0.4, -0.2) is 54.2 Å². The molecule has 7 heteroatoms. The molecule has 0 radical (unpaired) electrons. The summed E-state index contributed by atoms with van der Waals surface area (Å²) in [6.07, 6.45) is -0.915. The lowest BCUT2D eigenvalue weighted by atomic mass is 10.2. The maximum Gasteiger partial charge on any atom is 0.304 e. The highest BCUT2D eigenvalue weighted by Crippen LogP contribution is 2.26. The molecule has 1 aromatic rings. The zero-order valence-corrected chi connectivity index (χ0v) is 11.0. The number of nitrogens with one attached hydrogen (secondary N) is 1. The minimum atomic E-state index is -2.47. The van der Waals surface area contributed by atoms with Crippen LogP contribution in [0.4, 0.5) is 5.69 Å². The van der Waals surface area contributed by atoms with Crippen LogP contribution in [0.5, 0.6) is 5.75 Å². The number of amides is 1. The molecule has 1 fully saturated rings. The largest absolute Gasteiger partial charge is 0.497 e. The van der Waals surface area contributed by atoms with Gasteiger partial charge in [-0.2, -0.15) is 0 Å². The van der Waals surface area contributed by atoms with Crippen LogP contribution in [0.25, 0.3) is 0 Å². The Balaban J connectivity index is 2.28. The molecular weight excluding hydrogens is 250 g/mol. The number of hydrazine groups is 1. The second-order valence-electron chi connectivity index (χ2n) is 4.56. The van der Waals surface area contributed by atoms with Gasteiger partial charge in [-0.3, -0.25) is 9.69 Å². The SMILES string of the molecule is COc1ccc(N2NC(N(C)C)C(O)(O)C2=O)cc1. The van der Waals surface area contributed by atoms with Crippen molar-refractivity contribution in [1.82, 2.24) is 10.3 Å². The van der Waals surface area contributed by atoms with E-state index >= 15 is 0 Å². The van der Waals surface area contributed by atoms with Crippen molar-refractivity contribution < 1.29 is 19.7 Å². The van der Waals surface area contributed by atoms with Crippen LogP contribution in [0.2, 0.25) is 0 Å². The molecule has 0 aliphatic carbocycles. The average molecular weight is 267 g/mol. The normalized spacial score (nSPS) is 22.1. The number of anilines is 1. The molecule has 3 N–H and O–H groups in total. The molecule has 1 aromatic carbocycles. The zero-order chi connectivity index (χ0) is 14.2. The fraction of sp³-hybridized carbons (Fsp3) is 0.417. The first-order valence-corrected chi connectivity index (χ1v) is 5.74. The maximum atomic E-state index is 12.0. The van der Waals surface area contributed by atoms with Crippen molar-refractivity contribution in [2.24, 2.45) is 0 Å². The third kappa shape index (κ3) is 2.28. The van der Waals surface area contributed by atoms with E-state index in [0.29, 0.717) is 11.4 Å². The van der Waals surface area contributed by atoms with Crippen molar-refractivity contribution in [3.05, 3.63) is 24.3 Å². The molecule has 1 amide bonds. The van der Waals surface area contributed by atoms with E-state index in [1.165, 1.54) is 4.90 Å². The van der Waals surface area contributed by atoms with Gasteiger partial charge in [0.05, 0.1) is 12.8 Å². The van der Waals surface area contributed by atoms with Crippen LogP contribution in [0.1, 0.15) is 0 Å². The Bertz CT molecular complexity index is 472. The number of hydrogen-bond acceptors (Lipinski definition) is 6. The zero-order valence-electron chi connectivity index (χ0n) is 11.0. The van der Waals surface area contributed by atoms with Crippen molar-refractivity contribution in [2.75, 3.05) is 26.2 Å². The van der Waals surface area contributed by atoms with Gasteiger partial charge in [0, 0.05) is 0 Å². The fourth-order valence-corrected chi connectivity index (χ4v) is 1.95. The highest BCUT2D eigenvalue weighted by molar-refractivity contribution is 6.00. The summed E-state index contributed by atoms with van der Waals surface area (Å²) in [5.41, 5.74) is 3.26. The van der Waals surface area contributed by atoms with E-state index in [2.05, 4.69) is 5.43 Å². The second kappa shape index (κ2) is 4.78. The van der Waals surface area contributed by atoms with E-state index < -0.39 is 17.9 Å². The number of ether oxygens (including phenoxy) is 1. The molecule has 104 valence electrons. The number of nitrogens with zero attached hydrogens (tertiary/aromatic N) is 2. The number of aliphatic hydroxyl groups is 2. The third-order valence-electron chi connectivity index (χ3n) is 3.00. The van der Waals surface area contributed by atoms with Gasteiger partial charge in [-0.1, -0.05) is 0 Å². The first-order valence-electron chi connectivity index (χ1n) is 5.74. The summed E-state index contributed by atoms with van der Waals surface area (Å²) >= 11 is 0. The third-order valence-corrected chi connectivity index (χ3v) is 3.00. The average Bonchev–Trinajstić information content (AvgIpc) is 2.61. The lowest BCUT2D eigenvalue weighted by molar-refractivity contribution is -0.193. The summed E-state index contributed by atoms with van der Waals surface area (Å²) in [5, 5.41) is 20.8. The van der Waals surface area contributed by atoms with Gasteiger partial charge in [0.2, 0.25) is 0 Å². The molecule has 1 aliphatic rings. The Morgan fingerprint density at radius 1 is 1.32 bits per heavy atom. The molecule has 1 aliphatic heterocycles. The van der Waals surface area contributed by atoms with E-state index in [9.17, 15) is 15.0 Å². The molecule has 0 bridgehead atoms. The summed E-state index contributed by atoms with van der Waals surface area (Å²) < 4.78 is 5.03. The van der Waals surface area contributed by atoms with Crippen LogP contribution in [0.15, 0.2) is 24.3 Å². The van der Waals surface area contributed by atoms with Gasteiger partial charge in [-0.15, -0.1) is 0 Å². The predicted molar refractivity (Wildman–Crippen MR) is 68.3 cm³/mol. The van der Waals surface area contributed by atoms with Crippen molar-refractivity contribution >= 4 is 11.6 Å². The molecule has 0 saturated carbocycles. The summed E-state index contributed by atoms with van der Waals surface area (Å²) in [5.74, 6) is -2.64. The summed E-state index contributed by atoms with van der Waals surface area (Å²) in [7, 11) is 4.83. The van der Waals surface area contributed by atoms with E-state index in [1.807, 2.05) is 0 Å². The van der Waals surface area contributed by atoms with E-state index in [1.54, 1.807) is 45.5 Å². The smallest absolute Gasteiger partial charge is 0.304 e. The summed E-state index contributed by atoms with van der Waals surface area (Å²) in [6.45, 7) is 0. The Morgan fingerprint density at radius 2 is 1.89 bits per heavy atom. The van der Waals surface area contributed by atoms with Crippen molar-refractivity contribution in [3.8, 4) is 5.75 Å². The van der Waals surface area contributed by atoms with Crippen LogP contribution in [-0.2, 0) is 4.79 Å². The molecular formula is C12H17N3O4. The van der Waals surface area contributed by atoms with Gasteiger partial charge in [0.1, 0.15) is 11.9 Å². The van der Waals surface area contributed by atoms with E-state index in [0.717, 1.165) is 5.01 Å². The van der Waals surface area contributed by atoms with Gasteiger partial charge >= 0.3 is 5.91 Å². The Kier molecular flexibility index (Phi) is 3.46. The monoisotopic (exact) mass is 267 g/mol. The number of carbonyl (C=O) groups excluding carboxylic acids is 1. The summed E-state index contributed by atoms with van der Waals surface area (Å²) in [6, 6.07) is 6.67. The fourth-order valence-electron chi connectivity index (χ4n) is 1.95. The molecule has 1 saturated heterocycles. The highest BCUT2D eigenvalue weighted by Gasteiger charge is 2.53. The van der Waals surface area contributed by atoms with Crippen LogP contribution >= 0.6 is 0 Å². The molecule has 1 atom stereocenters. The predicted octanol–water partition coefficient (Wildman–Crippen LogP) is -0.885. The molecule has 0 spiro atoms. The molecule has 2 rings (SSSR count). The van der Waals surface area contributed by atoms with Crippen molar-refractivity contribution in [3.63, 3.8) is 0 Å².